The fourth-order valence-corrected chi connectivity index (χ4v) is 3.51. The van der Waals surface area contributed by atoms with Gasteiger partial charge in [0.05, 0.1) is 6.26 Å². The van der Waals surface area contributed by atoms with E-state index >= 15 is 0 Å². The molecule has 4 rings (SSSR count). The molecule has 5 nitrogen and oxygen atoms in total. The van der Waals surface area contributed by atoms with Gasteiger partial charge in [-0.05, 0) is 42.7 Å². The van der Waals surface area contributed by atoms with Gasteiger partial charge in [-0.25, -0.2) is 0 Å². The van der Waals surface area contributed by atoms with E-state index < -0.39 is 0 Å². The summed E-state index contributed by atoms with van der Waals surface area (Å²) in [5.74, 6) is 0.831. The van der Waals surface area contributed by atoms with Crippen molar-refractivity contribution in [3.05, 3.63) is 83.8 Å². The Morgan fingerprint density at radius 1 is 0.964 bits per heavy atom. The van der Waals surface area contributed by atoms with E-state index in [-0.39, 0.29) is 12.5 Å². The fourth-order valence-electron chi connectivity index (χ4n) is 3.51. The van der Waals surface area contributed by atoms with Gasteiger partial charge < -0.3 is 19.4 Å². The molecule has 5 heteroatoms. The zero-order chi connectivity index (χ0) is 19.2. The number of anilines is 1. The summed E-state index contributed by atoms with van der Waals surface area (Å²) >= 11 is 0. The molecular formula is C23H24N2O3. The third kappa shape index (κ3) is 4.19. The van der Waals surface area contributed by atoms with Crippen molar-refractivity contribution < 1.29 is 13.9 Å². The van der Waals surface area contributed by atoms with Crippen molar-refractivity contribution >= 4 is 11.6 Å². The van der Waals surface area contributed by atoms with Crippen LogP contribution >= 0.6 is 0 Å². The molecule has 1 N–H and O–H groups in total. The van der Waals surface area contributed by atoms with Crippen molar-refractivity contribution in [3.8, 4) is 5.75 Å². The van der Waals surface area contributed by atoms with E-state index in [0.717, 1.165) is 30.0 Å². The Morgan fingerprint density at radius 3 is 2.54 bits per heavy atom. The molecule has 1 saturated heterocycles. The number of benzene rings is 2. The molecule has 0 spiro atoms. The highest BCUT2D eigenvalue weighted by atomic mass is 16.5. The maximum absolute atomic E-state index is 12.7. The first-order chi connectivity index (χ1) is 13.8. The van der Waals surface area contributed by atoms with Crippen LogP contribution in [-0.4, -0.2) is 19.0 Å². The van der Waals surface area contributed by atoms with Crippen molar-refractivity contribution in [2.24, 2.45) is 0 Å². The number of rotatable bonds is 7. The summed E-state index contributed by atoms with van der Waals surface area (Å²) in [6.07, 6.45) is 3.96. The second-order valence-corrected chi connectivity index (χ2v) is 6.88. The number of hydrogen-bond donors (Lipinski definition) is 1. The SMILES string of the molecule is O=C(NCc1ccccc1N1CCCC1)c1occc1COc1ccccc1. The minimum absolute atomic E-state index is 0.229. The van der Waals surface area contributed by atoms with Crippen molar-refractivity contribution in [2.45, 2.75) is 26.0 Å². The van der Waals surface area contributed by atoms with Crippen LogP contribution in [0.5, 0.6) is 5.75 Å². The minimum Gasteiger partial charge on any atom is -0.489 e. The lowest BCUT2D eigenvalue weighted by Gasteiger charge is -2.21. The number of para-hydroxylation sites is 2. The van der Waals surface area contributed by atoms with Crippen LogP contribution in [0.2, 0.25) is 0 Å². The van der Waals surface area contributed by atoms with E-state index in [9.17, 15) is 4.79 Å². The first kappa shape index (κ1) is 18.2. The number of nitrogens with zero attached hydrogens (tertiary/aromatic N) is 1. The van der Waals surface area contributed by atoms with Gasteiger partial charge >= 0.3 is 0 Å². The fraction of sp³-hybridized carbons (Fsp3) is 0.261. The number of carbonyl (C=O) groups is 1. The van der Waals surface area contributed by atoms with E-state index in [1.54, 1.807) is 6.07 Å². The van der Waals surface area contributed by atoms with E-state index in [1.807, 2.05) is 42.5 Å². The lowest BCUT2D eigenvalue weighted by molar-refractivity contribution is 0.0919. The molecule has 28 heavy (non-hydrogen) atoms. The van der Waals surface area contributed by atoms with Crippen LogP contribution in [0.3, 0.4) is 0 Å². The molecule has 2 heterocycles. The Labute approximate surface area is 164 Å². The number of furan rings is 1. The van der Waals surface area contributed by atoms with Gasteiger partial charge in [0.2, 0.25) is 0 Å². The molecule has 0 aliphatic carbocycles. The Kier molecular flexibility index (Phi) is 5.61. The van der Waals surface area contributed by atoms with Gasteiger partial charge in [0.1, 0.15) is 12.4 Å². The molecular weight excluding hydrogens is 352 g/mol. The first-order valence-electron chi connectivity index (χ1n) is 9.66. The van der Waals surface area contributed by atoms with Gasteiger partial charge in [0, 0.05) is 30.9 Å². The van der Waals surface area contributed by atoms with E-state index in [1.165, 1.54) is 24.8 Å². The molecule has 0 radical (unpaired) electrons. The van der Waals surface area contributed by atoms with E-state index in [4.69, 9.17) is 9.15 Å². The molecule has 0 unspecified atom stereocenters. The molecule has 1 aliphatic heterocycles. The number of nitrogens with one attached hydrogen (secondary N) is 1. The van der Waals surface area contributed by atoms with Crippen LogP contribution < -0.4 is 15.0 Å². The predicted molar refractivity (Wildman–Crippen MR) is 109 cm³/mol. The summed E-state index contributed by atoms with van der Waals surface area (Å²) in [5, 5.41) is 2.99. The van der Waals surface area contributed by atoms with Crippen molar-refractivity contribution in [3.63, 3.8) is 0 Å². The molecule has 2 aromatic carbocycles. The van der Waals surface area contributed by atoms with Crippen molar-refractivity contribution in [1.82, 2.24) is 5.32 Å². The Balaban J connectivity index is 1.39. The quantitative estimate of drug-likeness (QED) is 0.664. The molecule has 0 saturated carbocycles. The highest BCUT2D eigenvalue weighted by molar-refractivity contribution is 5.92. The van der Waals surface area contributed by atoms with Gasteiger partial charge in [0.15, 0.2) is 5.76 Å². The second kappa shape index (κ2) is 8.65. The number of carbonyl (C=O) groups excluding carboxylic acids is 1. The van der Waals surface area contributed by atoms with Crippen LogP contribution in [0.1, 0.15) is 34.5 Å². The summed E-state index contributed by atoms with van der Waals surface area (Å²) in [4.78, 5) is 15.1. The topological polar surface area (TPSA) is 54.7 Å². The first-order valence-corrected chi connectivity index (χ1v) is 9.66. The van der Waals surface area contributed by atoms with Crippen LogP contribution in [0, 0.1) is 0 Å². The Bertz CT molecular complexity index is 914. The van der Waals surface area contributed by atoms with Crippen molar-refractivity contribution in [2.75, 3.05) is 18.0 Å². The average molecular weight is 376 g/mol. The van der Waals surface area contributed by atoms with Crippen LogP contribution in [0.4, 0.5) is 5.69 Å². The largest absolute Gasteiger partial charge is 0.489 e. The molecule has 1 amide bonds. The Morgan fingerprint density at radius 2 is 1.71 bits per heavy atom. The standard InChI is InChI=1S/C23H24N2O3/c26-23(22-19(12-15-27-22)17-28-20-9-2-1-3-10-20)24-16-18-8-4-5-11-21(18)25-13-6-7-14-25/h1-5,8-12,15H,6-7,13-14,16-17H2,(H,24,26). The zero-order valence-electron chi connectivity index (χ0n) is 15.8. The third-order valence-electron chi connectivity index (χ3n) is 4.97. The highest BCUT2D eigenvalue weighted by Gasteiger charge is 2.18. The summed E-state index contributed by atoms with van der Waals surface area (Å²) < 4.78 is 11.2. The smallest absolute Gasteiger partial charge is 0.287 e. The number of ether oxygens (including phenoxy) is 1. The second-order valence-electron chi connectivity index (χ2n) is 6.88. The highest BCUT2D eigenvalue weighted by Crippen LogP contribution is 2.24. The maximum Gasteiger partial charge on any atom is 0.287 e. The predicted octanol–water partition coefficient (Wildman–Crippen LogP) is 4.39. The van der Waals surface area contributed by atoms with E-state index in [2.05, 4.69) is 22.3 Å². The minimum atomic E-state index is -0.229. The maximum atomic E-state index is 12.7. The van der Waals surface area contributed by atoms with Crippen molar-refractivity contribution in [1.29, 1.82) is 0 Å². The lowest BCUT2D eigenvalue weighted by atomic mass is 10.1. The molecule has 0 atom stereocenters. The molecule has 1 aromatic heterocycles. The van der Waals surface area contributed by atoms with Crippen LogP contribution in [0.25, 0.3) is 0 Å². The van der Waals surface area contributed by atoms with Crippen LogP contribution in [-0.2, 0) is 13.2 Å². The average Bonchev–Trinajstić information content (AvgIpc) is 3.43. The van der Waals surface area contributed by atoms with Gasteiger partial charge in [-0.2, -0.15) is 0 Å². The Hall–Kier alpha value is -3.21. The summed E-state index contributed by atoms with van der Waals surface area (Å²) in [6.45, 7) is 2.90. The van der Waals surface area contributed by atoms with Crippen LogP contribution in [0.15, 0.2) is 71.3 Å². The molecule has 0 bridgehead atoms. The summed E-state index contributed by atoms with van der Waals surface area (Å²) in [5.41, 5.74) is 3.05. The van der Waals surface area contributed by atoms with Gasteiger partial charge in [-0.15, -0.1) is 0 Å². The molecule has 1 aliphatic rings. The lowest BCUT2D eigenvalue weighted by Crippen LogP contribution is -2.26. The molecule has 1 fully saturated rings. The van der Waals surface area contributed by atoms with Gasteiger partial charge in [-0.1, -0.05) is 36.4 Å². The molecule has 3 aromatic rings. The normalized spacial score (nSPS) is 13.5. The zero-order valence-corrected chi connectivity index (χ0v) is 15.8. The summed E-state index contributed by atoms with van der Waals surface area (Å²) in [6, 6.07) is 19.5. The third-order valence-corrected chi connectivity index (χ3v) is 4.97. The number of amides is 1. The monoisotopic (exact) mass is 376 g/mol. The van der Waals surface area contributed by atoms with E-state index in [0.29, 0.717) is 12.3 Å². The summed E-state index contributed by atoms with van der Waals surface area (Å²) in [7, 11) is 0. The molecule has 144 valence electrons. The number of hydrogen-bond acceptors (Lipinski definition) is 4. The van der Waals surface area contributed by atoms with Gasteiger partial charge in [0.25, 0.3) is 5.91 Å². The van der Waals surface area contributed by atoms with Gasteiger partial charge in [-0.3, -0.25) is 4.79 Å².